The Morgan fingerprint density at radius 2 is 1.27 bits per heavy atom. The van der Waals surface area contributed by atoms with Crippen molar-refractivity contribution in [2.45, 2.75) is 25.6 Å². The van der Waals surface area contributed by atoms with E-state index in [1.165, 1.54) is 54.7 Å². The molecule has 1 unspecified atom stereocenters. The van der Waals surface area contributed by atoms with Crippen LogP contribution in [-0.2, 0) is 19.5 Å². The minimum absolute atomic E-state index is 0.211. The topological polar surface area (TPSA) is 76.4 Å². The highest BCUT2D eigenvalue weighted by atomic mass is 15.0. The van der Waals surface area contributed by atoms with Crippen molar-refractivity contribution in [2.75, 3.05) is 5.32 Å². The van der Waals surface area contributed by atoms with E-state index in [1.54, 1.807) is 0 Å². The van der Waals surface area contributed by atoms with Gasteiger partial charge in [-0.15, -0.1) is 0 Å². The second-order valence-electron chi connectivity index (χ2n) is 11.5. The van der Waals surface area contributed by atoms with Crippen LogP contribution >= 0.6 is 0 Å². The number of hydrogen-bond donors (Lipinski definition) is 3. The van der Waals surface area contributed by atoms with E-state index in [9.17, 15) is 0 Å². The van der Waals surface area contributed by atoms with E-state index in [0.717, 1.165) is 17.5 Å². The first-order valence-electron chi connectivity index (χ1n) is 15.5. The Morgan fingerprint density at radius 1 is 0.622 bits per heavy atom. The molecule has 0 aliphatic carbocycles. The first-order valence-corrected chi connectivity index (χ1v) is 15.5. The monoisotopic (exact) mass is 584 g/mol. The lowest BCUT2D eigenvalue weighted by Crippen LogP contribution is -2.13. The maximum absolute atomic E-state index is 6.45. The van der Waals surface area contributed by atoms with E-state index < -0.39 is 0 Å². The Morgan fingerprint density at radius 3 is 2.00 bits per heavy atom. The largest absolute Gasteiger partial charge is 0.383 e. The van der Waals surface area contributed by atoms with E-state index in [4.69, 9.17) is 11.5 Å². The number of benzene rings is 7. The molecular weight excluding hydrogens is 548 g/mol. The minimum atomic E-state index is 0.211. The standard InChI is InChI=1S/C34H27N3.C7H9N/c35-34(36-21-22-8-2-1-3-9-22)25-15-14-23-16-17-32-31(29(23)19-25)20-33(37-32)30-18-24-10-4-5-11-26(24)27-12-6-7-13-28(27)30;8-6-7-4-2-1-3-5-7/h1-19,33,37H,20-21H2,(H2,35,36);1-5H,6,8H2. The number of anilines is 1. The summed E-state index contributed by atoms with van der Waals surface area (Å²) in [7, 11) is 0. The van der Waals surface area contributed by atoms with Crippen LogP contribution in [0, 0.1) is 0 Å². The average molecular weight is 585 g/mol. The van der Waals surface area contributed by atoms with Gasteiger partial charge in [0.1, 0.15) is 5.84 Å². The molecule has 0 aromatic heterocycles. The molecule has 1 atom stereocenters. The summed E-state index contributed by atoms with van der Waals surface area (Å²) >= 11 is 0. The van der Waals surface area contributed by atoms with Crippen molar-refractivity contribution in [1.29, 1.82) is 0 Å². The summed E-state index contributed by atoms with van der Waals surface area (Å²) in [6.07, 6.45) is 0.930. The van der Waals surface area contributed by atoms with Crippen LogP contribution in [0.2, 0.25) is 0 Å². The van der Waals surface area contributed by atoms with Gasteiger partial charge in [0.15, 0.2) is 0 Å². The molecule has 45 heavy (non-hydrogen) atoms. The number of fused-ring (bicyclic) bond motifs is 6. The van der Waals surface area contributed by atoms with Crippen molar-refractivity contribution in [3.63, 3.8) is 0 Å². The highest BCUT2D eigenvalue weighted by Crippen LogP contribution is 2.42. The van der Waals surface area contributed by atoms with Crippen LogP contribution in [0.25, 0.3) is 32.3 Å². The lowest BCUT2D eigenvalue weighted by molar-refractivity contribution is 0.836. The highest BCUT2D eigenvalue weighted by molar-refractivity contribution is 6.09. The molecule has 220 valence electrons. The first-order chi connectivity index (χ1) is 22.2. The summed E-state index contributed by atoms with van der Waals surface area (Å²) in [4.78, 5) is 4.67. The minimum Gasteiger partial charge on any atom is -0.383 e. The van der Waals surface area contributed by atoms with Crippen molar-refractivity contribution in [3.8, 4) is 0 Å². The fourth-order valence-electron chi connectivity index (χ4n) is 6.36. The van der Waals surface area contributed by atoms with Gasteiger partial charge < -0.3 is 16.8 Å². The second kappa shape index (κ2) is 12.7. The zero-order valence-electron chi connectivity index (χ0n) is 25.2. The van der Waals surface area contributed by atoms with Crippen LogP contribution in [-0.4, -0.2) is 5.84 Å². The van der Waals surface area contributed by atoms with Crippen LogP contribution in [0.15, 0.2) is 151 Å². The maximum Gasteiger partial charge on any atom is 0.125 e. The normalized spacial score (nSPS) is 14.2. The molecule has 4 nitrogen and oxygen atoms in total. The fraction of sp³-hybridized carbons (Fsp3) is 0.0976. The van der Waals surface area contributed by atoms with Crippen LogP contribution in [0.5, 0.6) is 0 Å². The quantitative estimate of drug-likeness (QED) is 0.107. The van der Waals surface area contributed by atoms with Gasteiger partial charge in [-0.1, -0.05) is 127 Å². The summed E-state index contributed by atoms with van der Waals surface area (Å²) in [6, 6.07) is 51.1. The zero-order valence-corrected chi connectivity index (χ0v) is 25.2. The van der Waals surface area contributed by atoms with Crippen molar-refractivity contribution in [1.82, 2.24) is 0 Å². The number of nitrogens with two attached hydrogens (primary N) is 2. The predicted molar refractivity (Wildman–Crippen MR) is 191 cm³/mol. The molecule has 0 fully saturated rings. The van der Waals surface area contributed by atoms with Crippen molar-refractivity contribution < 1.29 is 0 Å². The Bertz CT molecular complexity index is 2140. The third-order valence-electron chi connectivity index (χ3n) is 8.70. The van der Waals surface area contributed by atoms with Gasteiger partial charge in [-0.25, -0.2) is 0 Å². The Labute approximate surface area is 264 Å². The van der Waals surface area contributed by atoms with Gasteiger partial charge in [0.05, 0.1) is 12.6 Å². The smallest absolute Gasteiger partial charge is 0.125 e. The number of hydrogen-bond acceptors (Lipinski definition) is 3. The van der Waals surface area contributed by atoms with Gasteiger partial charge in [-0.3, -0.25) is 4.99 Å². The van der Waals surface area contributed by atoms with E-state index in [2.05, 4.69) is 107 Å². The van der Waals surface area contributed by atoms with Crippen LogP contribution in [0.4, 0.5) is 5.69 Å². The van der Waals surface area contributed by atoms with Gasteiger partial charge in [-0.05, 0) is 79.2 Å². The van der Waals surface area contributed by atoms with Crippen LogP contribution in [0.1, 0.15) is 33.9 Å². The number of amidine groups is 1. The Hall–Kier alpha value is -5.45. The van der Waals surface area contributed by atoms with Crippen molar-refractivity contribution in [2.24, 2.45) is 16.5 Å². The van der Waals surface area contributed by atoms with Gasteiger partial charge in [-0.2, -0.15) is 0 Å². The van der Waals surface area contributed by atoms with Crippen molar-refractivity contribution >= 4 is 43.8 Å². The molecular formula is C41H36N4. The third-order valence-corrected chi connectivity index (χ3v) is 8.70. The molecule has 8 rings (SSSR count). The number of nitrogens with zero attached hydrogens (tertiary/aromatic N) is 1. The molecule has 1 heterocycles. The fourth-order valence-corrected chi connectivity index (χ4v) is 6.36. The number of rotatable bonds is 5. The van der Waals surface area contributed by atoms with Gasteiger partial charge in [0.2, 0.25) is 0 Å². The molecule has 7 aromatic rings. The highest BCUT2D eigenvalue weighted by Gasteiger charge is 2.26. The first kappa shape index (κ1) is 28.3. The molecule has 1 aliphatic heterocycles. The van der Waals surface area contributed by atoms with Gasteiger partial charge >= 0.3 is 0 Å². The van der Waals surface area contributed by atoms with E-state index in [-0.39, 0.29) is 6.04 Å². The van der Waals surface area contributed by atoms with Gasteiger partial charge in [0, 0.05) is 17.8 Å². The molecule has 7 aromatic carbocycles. The maximum atomic E-state index is 6.45. The summed E-state index contributed by atoms with van der Waals surface area (Å²) in [5.74, 6) is 0.575. The Kier molecular flexibility index (Phi) is 7.96. The molecule has 0 amide bonds. The zero-order chi connectivity index (χ0) is 30.6. The van der Waals surface area contributed by atoms with Gasteiger partial charge in [0.25, 0.3) is 0 Å². The second-order valence-corrected chi connectivity index (χ2v) is 11.5. The molecule has 0 spiro atoms. The predicted octanol–water partition coefficient (Wildman–Crippen LogP) is 8.91. The Balaban J connectivity index is 0.000000356. The molecule has 1 aliphatic rings. The van der Waals surface area contributed by atoms with E-state index >= 15 is 0 Å². The van der Waals surface area contributed by atoms with Crippen LogP contribution < -0.4 is 16.8 Å². The third kappa shape index (κ3) is 5.88. The molecule has 0 saturated heterocycles. The number of aliphatic imine (C=N–C) groups is 1. The van der Waals surface area contributed by atoms with Crippen LogP contribution in [0.3, 0.4) is 0 Å². The van der Waals surface area contributed by atoms with E-state index in [1.807, 2.05) is 48.5 Å². The average Bonchev–Trinajstić information content (AvgIpc) is 3.56. The SMILES string of the molecule is NC(=NCc1ccccc1)c1ccc2ccc3c(c2c1)CC(c1cc2ccccc2c2ccccc12)N3.NCc1ccccc1. The number of nitrogens with one attached hydrogen (secondary N) is 1. The molecule has 4 heteroatoms. The molecule has 0 bridgehead atoms. The van der Waals surface area contributed by atoms with Crippen molar-refractivity contribution in [3.05, 3.63) is 173 Å². The lowest BCUT2D eigenvalue weighted by atomic mass is 9.91. The summed E-state index contributed by atoms with van der Waals surface area (Å²) < 4.78 is 0. The van der Waals surface area contributed by atoms with E-state index in [0.29, 0.717) is 18.9 Å². The summed E-state index contributed by atoms with van der Waals surface area (Å²) in [5.41, 5.74) is 19.0. The lowest BCUT2D eigenvalue weighted by Gasteiger charge is -2.17. The molecule has 0 radical (unpaired) electrons. The summed E-state index contributed by atoms with van der Waals surface area (Å²) in [6.45, 7) is 1.22. The molecule has 5 N–H and O–H groups in total. The molecule has 0 saturated carbocycles. The summed E-state index contributed by atoms with van der Waals surface area (Å²) in [5, 5.41) is 11.5.